The molecule has 6 nitrogen and oxygen atoms in total. The Kier molecular flexibility index (Phi) is 4.63. The van der Waals surface area contributed by atoms with Crippen LogP contribution in [0.5, 0.6) is 0 Å². The van der Waals surface area contributed by atoms with Crippen molar-refractivity contribution in [1.29, 1.82) is 0 Å². The van der Waals surface area contributed by atoms with Gasteiger partial charge in [0.2, 0.25) is 5.91 Å². The first-order chi connectivity index (χ1) is 10.7. The zero-order valence-electron chi connectivity index (χ0n) is 13.7. The highest BCUT2D eigenvalue weighted by molar-refractivity contribution is 5.86. The number of nitro benzene ring substituents is 1. The molecule has 0 unspecified atom stereocenters. The Balaban J connectivity index is 1.94. The number of hydrogen-bond acceptors (Lipinski definition) is 4. The Labute approximate surface area is 135 Å². The van der Waals surface area contributed by atoms with Crippen LogP contribution in [-0.2, 0) is 4.79 Å². The second-order valence-corrected chi connectivity index (χ2v) is 6.65. The molecule has 122 valence electrons. The number of hydrogen-bond donors (Lipinski definition) is 1. The lowest BCUT2D eigenvalue weighted by Crippen LogP contribution is -2.21. The topological polar surface area (TPSA) is 84.6 Å². The molecule has 1 aromatic carbocycles. The first-order valence-electron chi connectivity index (χ1n) is 7.46. The minimum absolute atomic E-state index is 0.0236. The van der Waals surface area contributed by atoms with Crippen LogP contribution in [-0.4, -0.2) is 17.0 Å². The van der Waals surface area contributed by atoms with Crippen LogP contribution in [0.15, 0.2) is 41.0 Å². The third-order valence-electron chi connectivity index (χ3n) is 4.20. The summed E-state index contributed by atoms with van der Waals surface area (Å²) in [7, 11) is 0. The van der Waals surface area contributed by atoms with E-state index in [-0.39, 0.29) is 28.8 Å². The van der Waals surface area contributed by atoms with Crippen molar-refractivity contribution in [1.82, 2.24) is 5.43 Å². The summed E-state index contributed by atoms with van der Waals surface area (Å²) in [5.74, 6) is 0.0594. The van der Waals surface area contributed by atoms with E-state index in [1.807, 2.05) is 13.8 Å². The van der Waals surface area contributed by atoms with Gasteiger partial charge in [0.1, 0.15) is 0 Å². The molecule has 0 aromatic heterocycles. The highest BCUT2D eigenvalue weighted by atomic mass is 16.6. The number of hydrazone groups is 1. The molecule has 6 heteroatoms. The molecular weight excluding hydrogens is 294 g/mol. The molecule has 1 aliphatic carbocycles. The van der Waals surface area contributed by atoms with Crippen molar-refractivity contribution in [3.8, 4) is 0 Å². The highest BCUT2D eigenvalue weighted by Crippen LogP contribution is 2.59. The van der Waals surface area contributed by atoms with Gasteiger partial charge in [-0.05, 0) is 42.9 Å². The van der Waals surface area contributed by atoms with Gasteiger partial charge in [-0.1, -0.05) is 25.5 Å². The van der Waals surface area contributed by atoms with E-state index < -0.39 is 4.92 Å². The van der Waals surface area contributed by atoms with Crippen LogP contribution in [0.4, 0.5) is 5.69 Å². The van der Waals surface area contributed by atoms with E-state index in [0.717, 1.165) is 0 Å². The lowest BCUT2D eigenvalue weighted by Gasteiger charge is -2.00. The van der Waals surface area contributed by atoms with E-state index in [1.165, 1.54) is 23.9 Å². The molecule has 0 heterocycles. The van der Waals surface area contributed by atoms with E-state index in [4.69, 9.17) is 0 Å². The number of nitrogens with one attached hydrogen (secondary N) is 1. The zero-order valence-corrected chi connectivity index (χ0v) is 13.7. The molecule has 0 aliphatic heterocycles. The monoisotopic (exact) mass is 315 g/mol. The summed E-state index contributed by atoms with van der Waals surface area (Å²) in [4.78, 5) is 22.3. The normalized spacial score (nSPS) is 21.7. The molecule has 1 aromatic rings. The third-order valence-corrected chi connectivity index (χ3v) is 4.20. The van der Waals surface area contributed by atoms with Crippen LogP contribution >= 0.6 is 0 Å². The number of non-ortho nitro benzene ring substituents is 1. The van der Waals surface area contributed by atoms with Gasteiger partial charge >= 0.3 is 0 Å². The number of carbonyl (C=O) groups is 1. The first-order valence-corrected chi connectivity index (χ1v) is 7.46. The van der Waals surface area contributed by atoms with Gasteiger partial charge in [0, 0.05) is 12.1 Å². The lowest BCUT2D eigenvalue weighted by atomic mass is 10.1. The van der Waals surface area contributed by atoms with Crippen molar-refractivity contribution in [3.63, 3.8) is 0 Å². The predicted molar refractivity (Wildman–Crippen MR) is 89.0 cm³/mol. The Bertz CT molecular complexity index is 671. The maximum absolute atomic E-state index is 12.2. The van der Waals surface area contributed by atoms with Gasteiger partial charge in [-0.15, -0.1) is 0 Å². The minimum atomic E-state index is -0.457. The Morgan fingerprint density at radius 1 is 1.30 bits per heavy atom. The summed E-state index contributed by atoms with van der Waals surface area (Å²) in [6, 6.07) is 5.97. The summed E-state index contributed by atoms with van der Waals surface area (Å²) < 4.78 is 0. The fraction of sp³-hybridized carbons (Fsp3) is 0.412. The fourth-order valence-corrected chi connectivity index (χ4v) is 2.77. The van der Waals surface area contributed by atoms with Gasteiger partial charge in [0.05, 0.1) is 17.1 Å². The van der Waals surface area contributed by atoms with Gasteiger partial charge in [-0.25, -0.2) is 5.43 Å². The smallest absolute Gasteiger partial charge is 0.269 e. The molecule has 1 amide bonds. The van der Waals surface area contributed by atoms with Crippen molar-refractivity contribution in [2.75, 3.05) is 0 Å². The maximum Gasteiger partial charge on any atom is 0.269 e. The number of benzene rings is 1. The van der Waals surface area contributed by atoms with Crippen LogP contribution in [0, 0.1) is 27.4 Å². The minimum Gasteiger partial charge on any atom is -0.273 e. The van der Waals surface area contributed by atoms with Crippen molar-refractivity contribution >= 4 is 17.8 Å². The number of carbonyl (C=O) groups excluding carboxylic acids is 1. The summed E-state index contributed by atoms with van der Waals surface area (Å²) >= 11 is 0. The molecule has 1 saturated carbocycles. The van der Waals surface area contributed by atoms with E-state index in [2.05, 4.69) is 30.5 Å². The van der Waals surface area contributed by atoms with Crippen molar-refractivity contribution in [2.24, 2.45) is 22.4 Å². The van der Waals surface area contributed by atoms with E-state index in [9.17, 15) is 14.9 Å². The largest absolute Gasteiger partial charge is 0.273 e. The van der Waals surface area contributed by atoms with Crippen molar-refractivity contribution < 1.29 is 9.72 Å². The number of nitrogens with zero attached hydrogens (tertiary/aromatic N) is 2. The maximum atomic E-state index is 12.2. The van der Waals surface area contributed by atoms with E-state index in [1.54, 1.807) is 12.1 Å². The second-order valence-electron chi connectivity index (χ2n) is 6.65. The molecule has 1 fully saturated rings. The molecule has 0 saturated heterocycles. The van der Waals surface area contributed by atoms with Gasteiger partial charge in [-0.2, -0.15) is 5.10 Å². The first kappa shape index (κ1) is 16.9. The van der Waals surface area contributed by atoms with Crippen LogP contribution in [0.25, 0.3) is 0 Å². The summed E-state index contributed by atoms with van der Waals surface area (Å²) in [5, 5.41) is 14.5. The van der Waals surface area contributed by atoms with Gasteiger partial charge in [-0.3, -0.25) is 14.9 Å². The predicted octanol–water partition coefficient (Wildman–Crippen LogP) is 3.28. The second kappa shape index (κ2) is 6.32. The molecule has 1 N–H and O–H groups in total. The van der Waals surface area contributed by atoms with Crippen LogP contribution in [0.1, 0.15) is 33.3 Å². The molecule has 0 bridgehead atoms. The Morgan fingerprint density at radius 2 is 1.91 bits per heavy atom. The summed E-state index contributed by atoms with van der Waals surface area (Å²) in [5.41, 5.74) is 4.42. The average Bonchev–Trinajstić information content (AvgIpc) is 2.99. The number of nitro groups is 1. The summed E-state index contributed by atoms with van der Waals surface area (Å²) in [6.45, 7) is 8.19. The number of allylic oxidation sites excluding steroid dienone is 2. The highest BCUT2D eigenvalue weighted by Gasteiger charge is 2.60. The molecule has 1 aliphatic rings. The average molecular weight is 315 g/mol. The van der Waals surface area contributed by atoms with Crippen LogP contribution in [0.2, 0.25) is 0 Å². The molecular formula is C17H21N3O3. The molecule has 0 radical (unpaired) electrons. The van der Waals surface area contributed by atoms with Crippen molar-refractivity contribution in [2.45, 2.75) is 27.7 Å². The third kappa shape index (κ3) is 3.83. The fourth-order valence-electron chi connectivity index (χ4n) is 2.77. The SMILES string of the molecule is CC(C)=C[C@H]1[C@@H](C(=O)N/N=C\c2ccc([N+](=O)[O-])cc2)C1(C)C. The molecule has 0 spiro atoms. The van der Waals surface area contributed by atoms with Crippen molar-refractivity contribution in [3.05, 3.63) is 51.6 Å². The van der Waals surface area contributed by atoms with Crippen LogP contribution < -0.4 is 5.43 Å². The Hall–Kier alpha value is -2.50. The van der Waals surface area contributed by atoms with E-state index in [0.29, 0.717) is 5.56 Å². The molecule has 2 atom stereocenters. The molecule has 2 rings (SSSR count). The number of rotatable bonds is 5. The Morgan fingerprint density at radius 3 is 2.43 bits per heavy atom. The van der Waals surface area contributed by atoms with Crippen LogP contribution in [0.3, 0.4) is 0 Å². The lowest BCUT2D eigenvalue weighted by molar-refractivity contribution is -0.384. The standard InChI is InChI=1S/C17H21N3O3/c1-11(2)9-14-15(17(14,3)4)16(21)19-18-10-12-5-7-13(8-6-12)20(22)23/h5-10,14-15H,1-4H3,(H,19,21)/b18-10-/t14-,15-/m0/s1. The number of amides is 1. The zero-order chi connectivity index (χ0) is 17.2. The van der Waals surface area contributed by atoms with E-state index >= 15 is 0 Å². The summed E-state index contributed by atoms with van der Waals surface area (Å²) in [6.07, 6.45) is 3.61. The van der Waals surface area contributed by atoms with Gasteiger partial charge in [0.15, 0.2) is 0 Å². The molecule has 23 heavy (non-hydrogen) atoms. The van der Waals surface area contributed by atoms with Gasteiger partial charge in [0.25, 0.3) is 5.69 Å². The van der Waals surface area contributed by atoms with Gasteiger partial charge < -0.3 is 0 Å². The quantitative estimate of drug-likeness (QED) is 0.391.